The predicted octanol–water partition coefficient (Wildman–Crippen LogP) is 4.86. The van der Waals surface area contributed by atoms with E-state index in [-0.39, 0.29) is 18.1 Å². The molecule has 0 bridgehead atoms. The fraction of sp³-hybridized carbons (Fsp3) is 0.160. The smallest absolute Gasteiger partial charge is 0.407 e. The van der Waals surface area contributed by atoms with Gasteiger partial charge in [-0.25, -0.2) is 9.59 Å². The zero-order valence-corrected chi connectivity index (χ0v) is 19.8. The Hall–Kier alpha value is -3.40. The molecule has 0 radical (unpaired) electrons. The molecule has 1 atom stereocenters. The zero-order chi connectivity index (χ0) is 23.5. The van der Waals surface area contributed by atoms with E-state index in [0.717, 1.165) is 22.3 Å². The number of nitrogens with one attached hydrogen (secondary N) is 2. The van der Waals surface area contributed by atoms with Crippen LogP contribution in [0.5, 0.6) is 0 Å². The Morgan fingerprint density at radius 1 is 1.00 bits per heavy atom. The maximum atomic E-state index is 12.5. The number of carboxylic acids is 1. The van der Waals surface area contributed by atoms with Crippen LogP contribution in [0.3, 0.4) is 0 Å². The van der Waals surface area contributed by atoms with E-state index in [0.29, 0.717) is 9.26 Å². The standard InChI is InChI=1S/C25H21IN2O5/c1-14(23(29)28-17-11-15(24(30)31)10-16(26)12-17)27-25(32)33-13-22-20-8-4-2-6-18(20)19-7-3-5-9-21(19)22/h2-12,14,22H,13H2,1H3,(H,27,32)(H,28,29)(H,30,31)/t14-/m1/s1. The van der Waals surface area contributed by atoms with Crippen LogP contribution in [0.25, 0.3) is 11.1 Å². The van der Waals surface area contributed by atoms with Crippen molar-refractivity contribution >= 4 is 46.2 Å². The molecule has 0 spiro atoms. The number of rotatable bonds is 6. The van der Waals surface area contributed by atoms with Gasteiger partial charge < -0.3 is 20.5 Å². The Kier molecular flexibility index (Phi) is 6.64. The molecular weight excluding hydrogens is 535 g/mol. The molecule has 2 amide bonds. The lowest BCUT2D eigenvalue weighted by Gasteiger charge is -2.17. The van der Waals surface area contributed by atoms with Crippen molar-refractivity contribution in [2.75, 3.05) is 11.9 Å². The van der Waals surface area contributed by atoms with Gasteiger partial charge in [-0.3, -0.25) is 4.79 Å². The van der Waals surface area contributed by atoms with Crippen molar-refractivity contribution in [2.45, 2.75) is 18.9 Å². The molecule has 168 valence electrons. The van der Waals surface area contributed by atoms with Gasteiger partial charge >= 0.3 is 12.1 Å². The molecule has 4 rings (SSSR count). The highest BCUT2D eigenvalue weighted by Gasteiger charge is 2.29. The largest absolute Gasteiger partial charge is 0.478 e. The average molecular weight is 556 g/mol. The number of anilines is 1. The summed E-state index contributed by atoms with van der Waals surface area (Å²) >= 11 is 1.97. The highest BCUT2D eigenvalue weighted by molar-refractivity contribution is 14.1. The highest BCUT2D eigenvalue weighted by Crippen LogP contribution is 2.44. The molecule has 7 nitrogen and oxygen atoms in total. The van der Waals surface area contributed by atoms with Gasteiger partial charge in [-0.2, -0.15) is 0 Å². The van der Waals surface area contributed by atoms with Crippen molar-refractivity contribution in [1.29, 1.82) is 0 Å². The number of hydrogen-bond acceptors (Lipinski definition) is 4. The molecule has 8 heteroatoms. The Balaban J connectivity index is 1.37. The van der Waals surface area contributed by atoms with E-state index in [9.17, 15) is 19.5 Å². The van der Waals surface area contributed by atoms with Gasteiger partial charge in [0.25, 0.3) is 0 Å². The molecule has 0 aromatic heterocycles. The number of amides is 2. The Labute approximate surface area is 204 Å². The topological polar surface area (TPSA) is 105 Å². The van der Waals surface area contributed by atoms with E-state index in [1.54, 1.807) is 6.07 Å². The third kappa shape index (κ3) is 5.00. The number of hydrogen-bond donors (Lipinski definition) is 3. The number of aromatic carboxylic acids is 1. The third-order valence-corrected chi connectivity index (χ3v) is 6.11. The fourth-order valence-corrected chi connectivity index (χ4v) is 4.59. The van der Waals surface area contributed by atoms with Crippen molar-refractivity contribution in [2.24, 2.45) is 0 Å². The summed E-state index contributed by atoms with van der Waals surface area (Å²) in [6, 6.07) is 19.7. The van der Waals surface area contributed by atoms with Crippen LogP contribution < -0.4 is 10.6 Å². The molecule has 3 aromatic carbocycles. The van der Waals surface area contributed by atoms with Crippen molar-refractivity contribution in [3.8, 4) is 11.1 Å². The number of benzene rings is 3. The number of carboxylic acid groups (broad SMARTS) is 1. The van der Waals surface area contributed by atoms with E-state index >= 15 is 0 Å². The summed E-state index contributed by atoms with van der Waals surface area (Å²) in [5.74, 6) is -1.65. The maximum absolute atomic E-state index is 12.5. The summed E-state index contributed by atoms with van der Waals surface area (Å²) in [6.07, 6.45) is -0.701. The minimum absolute atomic E-state index is 0.0642. The lowest BCUT2D eigenvalue weighted by molar-refractivity contribution is -0.117. The van der Waals surface area contributed by atoms with E-state index in [1.807, 2.05) is 59.0 Å². The van der Waals surface area contributed by atoms with Gasteiger partial charge in [0.15, 0.2) is 0 Å². The average Bonchev–Trinajstić information content (AvgIpc) is 3.11. The number of halogens is 1. The second kappa shape index (κ2) is 9.62. The normalized spacial score (nSPS) is 12.9. The van der Waals surface area contributed by atoms with E-state index in [1.165, 1.54) is 19.1 Å². The van der Waals surface area contributed by atoms with Crippen molar-refractivity contribution in [3.05, 3.63) is 87.0 Å². The number of carbonyl (C=O) groups excluding carboxylic acids is 2. The molecule has 0 aliphatic heterocycles. The van der Waals surface area contributed by atoms with Gasteiger partial charge in [0.1, 0.15) is 12.6 Å². The van der Waals surface area contributed by atoms with Crippen molar-refractivity contribution in [1.82, 2.24) is 5.32 Å². The van der Waals surface area contributed by atoms with Gasteiger partial charge in [-0.15, -0.1) is 0 Å². The molecule has 0 fully saturated rings. The molecule has 3 aromatic rings. The molecular formula is C25H21IN2O5. The van der Waals surface area contributed by atoms with Crippen LogP contribution in [0, 0.1) is 3.57 Å². The lowest BCUT2D eigenvalue weighted by Crippen LogP contribution is -2.42. The van der Waals surface area contributed by atoms with E-state index in [4.69, 9.17) is 4.74 Å². The quantitative estimate of drug-likeness (QED) is 0.377. The number of alkyl carbamates (subject to hydrolysis) is 1. The second-order valence-electron chi connectivity index (χ2n) is 7.71. The Morgan fingerprint density at radius 2 is 1.61 bits per heavy atom. The SMILES string of the molecule is C[C@@H](NC(=O)OCC1c2ccccc2-c2ccccc21)C(=O)Nc1cc(I)cc(C(=O)O)c1. The van der Waals surface area contributed by atoms with Gasteiger partial charge in [0, 0.05) is 15.2 Å². The van der Waals surface area contributed by atoms with Crippen LogP contribution in [-0.4, -0.2) is 35.7 Å². The number of ether oxygens (including phenoxy) is 1. The maximum Gasteiger partial charge on any atom is 0.407 e. The van der Waals surface area contributed by atoms with Crippen molar-refractivity contribution in [3.63, 3.8) is 0 Å². The van der Waals surface area contributed by atoms with Crippen LogP contribution in [0.15, 0.2) is 66.7 Å². The zero-order valence-electron chi connectivity index (χ0n) is 17.7. The van der Waals surface area contributed by atoms with Gasteiger partial charge in [0.05, 0.1) is 5.56 Å². The van der Waals surface area contributed by atoms with E-state index < -0.39 is 24.0 Å². The molecule has 0 unspecified atom stereocenters. The fourth-order valence-electron chi connectivity index (χ4n) is 3.92. The summed E-state index contributed by atoms with van der Waals surface area (Å²) in [6.45, 7) is 1.68. The number of fused-ring (bicyclic) bond motifs is 3. The molecule has 1 aliphatic rings. The van der Waals surface area contributed by atoms with Crippen LogP contribution in [0.2, 0.25) is 0 Å². The first-order valence-corrected chi connectivity index (χ1v) is 11.4. The first-order chi connectivity index (χ1) is 15.8. The summed E-state index contributed by atoms with van der Waals surface area (Å²) in [5, 5.41) is 14.3. The van der Waals surface area contributed by atoms with E-state index in [2.05, 4.69) is 22.8 Å². The first kappa shape index (κ1) is 22.8. The highest BCUT2D eigenvalue weighted by atomic mass is 127. The van der Waals surface area contributed by atoms with Crippen LogP contribution in [0.4, 0.5) is 10.5 Å². The Morgan fingerprint density at radius 3 is 2.21 bits per heavy atom. The third-order valence-electron chi connectivity index (χ3n) is 5.48. The monoisotopic (exact) mass is 556 g/mol. The minimum atomic E-state index is -1.09. The predicted molar refractivity (Wildman–Crippen MR) is 132 cm³/mol. The van der Waals surface area contributed by atoms with Gasteiger partial charge in [0.2, 0.25) is 5.91 Å². The number of carbonyl (C=O) groups is 3. The van der Waals surface area contributed by atoms with Gasteiger partial charge in [-0.1, -0.05) is 48.5 Å². The molecule has 1 aliphatic carbocycles. The molecule has 0 saturated heterocycles. The van der Waals surface area contributed by atoms with Crippen LogP contribution in [-0.2, 0) is 9.53 Å². The lowest BCUT2D eigenvalue weighted by atomic mass is 9.98. The Bertz CT molecular complexity index is 1200. The van der Waals surface area contributed by atoms with Gasteiger partial charge in [-0.05, 0) is 70.0 Å². The molecule has 0 saturated carbocycles. The summed E-state index contributed by atoms with van der Waals surface area (Å²) in [7, 11) is 0. The molecule has 33 heavy (non-hydrogen) atoms. The van der Waals surface area contributed by atoms with Crippen LogP contribution in [0.1, 0.15) is 34.3 Å². The second-order valence-corrected chi connectivity index (χ2v) is 8.96. The van der Waals surface area contributed by atoms with Crippen molar-refractivity contribution < 1.29 is 24.2 Å². The van der Waals surface area contributed by atoms with Crippen LogP contribution >= 0.6 is 22.6 Å². The summed E-state index contributed by atoms with van der Waals surface area (Å²) in [4.78, 5) is 36.1. The molecule has 3 N–H and O–H groups in total. The minimum Gasteiger partial charge on any atom is -0.478 e. The first-order valence-electron chi connectivity index (χ1n) is 10.3. The summed E-state index contributed by atoms with van der Waals surface area (Å²) < 4.78 is 6.14. The summed E-state index contributed by atoms with van der Waals surface area (Å²) in [5.41, 5.74) is 4.87. The molecule has 0 heterocycles.